The molecule has 0 aliphatic heterocycles. The Balaban J connectivity index is 1.71. The molecule has 0 aliphatic carbocycles. The van der Waals surface area contributed by atoms with Gasteiger partial charge in [0.2, 0.25) is 11.7 Å². The Morgan fingerprint density at radius 3 is 2.46 bits per heavy atom. The number of benzene rings is 2. The van der Waals surface area contributed by atoms with Crippen LogP contribution in [0.5, 0.6) is 11.5 Å². The van der Waals surface area contributed by atoms with Crippen molar-refractivity contribution in [1.29, 1.82) is 0 Å². The Hall–Kier alpha value is -3.48. The first-order valence-electron chi connectivity index (χ1n) is 7.87. The largest absolute Gasteiger partial charge is 0.485 e. The number of ether oxygens (including phenoxy) is 2. The second kappa shape index (κ2) is 7.60. The third kappa shape index (κ3) is 4.13. The summed E-state index contributed by atoms with van der Waals surface area (Å²) >= 11 is 0. The highest BCUT2D eigenvalue weighted by Crippen LogP contribution is 2.22. The molecule has 0 spiro atoms. The van der Waals surface area contributed by atoms with Gasteiger partial charge in [-0.2, -0.15) is 4.98 Å². The zero-order chi connectivity index (χ0) is 18.5. The first kappa shape index (κ1) is 17.3. The highest BCUT2D eigenvalue weighted by molar-refractivity contribution is 5.95. The van der Waals surface area contributed by atoms with Crippen LogP contribution in [0.25, 0.3) is 0 Å². The fourth-order valence-electron chi connectivity index (χ4n) is 2.22. The molecule has 0 radical (unpaired) electrons. The fraction of sp³-hybridized carbons (Fsp3) is 0.158. The smallest absolute Gasteiger partial charge is 0.347 e. The molecule has 7 nitrogen and oxygen atoms in total. The number of carbonyl (C=O) groups excluding carboxylic acids is 2. The number of nitrogens with zero attached hydrogens (tertiary/aromatic N) is 2. The van der Waals surface area contributed by atoms with Gasteiger partial charge in [0.25, 0.3) is 0 Å². The van der Waals surface area contributed by atoms with Crippen LogP contribution in [-0.4, -0.2) is 21.9 Å². The van der Waals surface area contributed by atoms with Gasteiger partial charge in [0.15, 0.2) is 12.4 Å². The SMILES string of the molecule is CC(=O)c1ccc(OC(=O)c2ccccc2OCc2noc(C)n2)cc1. The molecule has 0 saturated carbocycles. The van der Waals surface area contributed by atoms with Crippen LogP contribution in [0.1, 0.15) is 39.4 Å². The van der Waals surface area contributed by atoms with E-state index in [4.69, 9.17) is 14.0 Å². The van der Waals surface area contributed by atoms with E-state index in [1.54, 1.807) is 55.5 Å². The van der Waals surface area contributed by atoms with Gasteiger partial charge in [-0.3, -0.25) is 4.79 Å². The number of rotatable bonds is 6. The van der Waals surface area contributed by atoms with Crippen LogP contribution < -0.4 is 9.47 Å². The second-order valence-electron chi connectivity index (χ2n) is 5.48. The number of ketones is 1. The molecule has 0 fully saturated rings. The summed E-state index contributed by atoms with van der Waals surface area (Å²) in [6, 6.07) is 13.1. The van der Waals surface area contributed by atoms with Crippen molar-refractivity contribution in [2.45, 2.75) is 20.5 Å². The third-order valence-corrected chi connectivity index (χ3v) is 3.50. The molecular weight excluding hydrogens is 336 g/mol. The van der Waals surface area contributed by atoms with Gasteiger partial charge in [-0.15, -0.1) is 0 Å². The summed E-state index contributed by atoms with van der Waals surface area (Å²) in [5.41, 5.74) is 0.812. The van der Waals surface area contributed by atoms with Gasteiger partial charge in [0, 0.05) is 12.5 Å². The van der Waals surface area contributed by atoms with Crippen molar-refractivity contribution in [3.8, 4) is 11.5 Å². The molecule has 0 unspecified atom stereocenters. The molecule has 0 atom stereocenters. The van der Waals surface area contributed by atoms with Crippen molar-refractivity contribution < 1.29 is 23.6 Å². The number of hydrogen-bond acceptors (Lipinski definition) is 7. The van der Waals surface area contributed by atoms with Crippen LogP contribution in [-0.2, 0) is 6.61 Å². The number of para-hydroxylation sites is 1. The summed E-state index contributed by atoms with van der Waals surface area (Å²) in [4.78, 5) is 27.8. The van der Waals surface area contributed by atoms with Gasteiger partial charge >= 0.3 is 5.97 Å². The number of aryl methyl sites for hydroxylation is 1. The van der Waals surface area contributed by atoms with Crippen molar-refractivity contribution in [1.82, 2.24) is 10.1 Å². The third-order valence-electron chi connectivity index (χ3n) is 3.50. The average molecular weight is 352 g/mol. The molecule has 7 heteroatoms. The lowest BCUT2D eigenvalue weighted by molar-refractivity contribution is 0.0729. The molecule has 3 aromatic rings. The van der Waals surface area contributed by atoms with Crippen LogP contribution in [0.2, 0.25) is 0 Å². The number of esters is 1. The normalized spacial score (nSPS) is 10.4. The summed E-state index contributed by atoms with van der Waals surface area (Å²) in [5.74, 6) is 0.874. The van der Waals surface area contributed by atoms with Gasteiger partial charge in [0.1, 0.15) is 17.1 Å². The van der Waals surface area contributed by atoms with Crippen molar-refractivity contribution in [3.63, 3.8) is 0 Å². The maximum Gasteiger partial charge on any atom is 0.347 e. The average Bonchev–Trinajstić information content (AvgIpc) is 3.06. The van der Waals surface area contributed by atoms with Gasteiger partial charge in [-0.25, -0.2) is 4.79 Å². The zero-order valence-corrected chi connectivity index (χ0v) is 14.3. The summed E-state index contributed by atoms with van der Waals surface area (Å²) in [7, 11) is 0. The minimum Gasteiger partial charge on any atom is -0.485 e. The van der Waals surface area contributed by atoms with Crippen LogP contribution in [0.3, 0.4) is 0 Å². The fourth-order valence-corrected chi connectivity index (χ4v) is 2.22. The van der Waals surface area contributed by atoms with E-state index in [0.29, 0.717) is 28.8 Å². The Kier molecular flexibility index (Phi) is 5.07. The molecule has 2 aromatic carbocycles. The van der Waals surface area contributed by atoms with E-state index in [0.717, 1.165) is 0 Å². The van der Waals surface area contributed by atoms with Crippen LogP contribution in [0.4, 0.5) is 0 Å². The summed E-state index contributed by atoms with van der Waals surface area (Å²) in [6.07, 6.45) is 0. The Morgan fingerprint density at radius 1 is 1.08 bits per heavy atom. The minimum atomic E-state index is -0.569. The number of carbonyl (C=O) groups is 2. The molecule has 132 valence electrons. The lowest BCUT2D eigenvalue weighted by Gasteiger charge is -2.10. The van der Waals surface area contributed by atoms with Crippen molar-refractivity contribution >= 4 is 11.8 Å². The molecule has 0 N–H and O–H groups in total. The lowest BCUT2D eigenvalue weighted by atomic mass is 10.1. The van der Waals surface area contributed by atoms with Crippen LogP contribution in [0, 0.1) is 6.92 Å². The molecule has 1 aromatic heterocycles. The predicted molar refractivity (Wildman–Crippen MR) is 91.2 cm³/mol. The summed E-state index contributed by atoms with van der Waals surface area (Å²) < 4.78 is 15.8. The van der Waals surface area contributed by atoms with Crippen LogP contribution in [0.15, 0.2) is 53.1 Å². The van der Waals surface area contributed by atoms with Gasteiger partial charge in [0.05, 0.1) is 0 Å². The number of aromatic nitrogens is 2. The predicted octanol–water partition coefficient (Wildman–Crippen LogP) is 3.38. The minimum absolute atomic E-state index is 0.0571. The highest BCUT2D eigenvalue weighted by Gasteiger charge is 2.15. The van der Waals surface area contributed by atoms with Crippen molar-refractivity contribution in [2.75, 3.05) is 0 Å². The number of Topliss-reactive ketones (excluding diaryl/α,β-unsaturated/α-hetero) is 1. The molecule has 0 bridgehead atoms. The van der Waals surface area contributed by atoms with E-state index in [2.05, 4.69) is 10.1 Å². The van der Waals surface area contributed by atoms with E-state index >= 15 is 0 Å². The van der Waals surface area contributed by atoms with E-state index < -0.39 is 5.97 Å². The van der Waals surface area contributed by atoms with Gasteiger partial charge in [-0.1, -0.05) is 17.3 Å². The molecule has 0 saturated heterocycles. The first-order chi connectivity index (χ1) is 12.5. The molecule has 1 heterocycles. The zero-order valence-electron chi connectivity index (χ0n) is 14.3. The number of hydrogen-bond donors (Lipinski definition) is 0. The van der Waals surface area contributed by atoms with Crippen molar-refractivity contribution in [2.24, 2.45) is 0 Å². The quantitative estimate of drug-likeness (QED) is 0.381. The summed E-state index contributed by atoms with van der Waals surface area (Å²) in [6.45, 7) is 3.22. The van der Waals surface area contributed by atoms with E-state index in [1.807, 2.05) is 0 Å². The van der Waals surface area contributed by atoms with E-state index in [9.17, 15) is 9.59 Å². The molecule has 3 rings (SSSR count). The molecule has 26 heavy (non-hydrogen) atoms. The molecule has 0 amide bonds. The van der Waals surface area contributed by atoms with Gasteiger partial charge < -0.3 is 14.0 Å². The summed E-state index contributed by atoms with van der Waals surface area (Å²) in [5, 5.41) is 3.74. The van der Waals surface area contributed by atoms with Crippen molar-refractivity contribution in [3.05, 3.63) is 71.4 Å². The lowest BCUT2D eigenvalue weighted by Crippen LogP contribution is -2.11. The Bertz CT molecular complexity index is 931. The van der Waals surface area contributed by atoms with Gasteiger partial charge in [-0.05, 0) is 43.3 Å². The van der Waals surface area contributed by atoms with Crippen LogP contribution >= 0.6 is 0 Å². The van der Waals surface area contributed by atoms with E-state index in [1.165, 1.54) is 6.92 Å². The standard InChI is InChI=1S/C19H16N2O5/c1-12(22)14-7-9-15(10-8-14)25-19(23)16-5-3-4-6-17(16)24-11-18-20-13(2)26-21-18/h3-10H,11H2,1-2H3. The Labute approximate surface area is 149 Å². The maximum absolute atomic E-state index is 12.5. The van der Waals surface area contributed by atoms with E-state index in [-0.39, 0.29) is 18.0 Å². The topological polar surface area (TPSA) is 91.5 Å². The maximum atomic E-state index is 12.5. The second-order valence-corrected chi connectivity index (χ2v) is 5.48. The highest BCUT2D eigenvalue weighted by atomic mass is 16.5. The monoisotopic (exact) mass is 352 g/mol. The first-order valence-corrected chi connectivity index (χ1v) is 7.87. The molecule has 0 aliphatic rings. The molecular formula is C19H16N2O5. The Morgan fingerprint density at radius 2 is 1.81 bits per heavy atom.